The Morgan fingerprint density at radius 1 is 1.30 bits per heavy atom. The fourth-order valence-electron chi connectivity index (χ4n) is 2.90. The number of thiophene rings is 1. The number of carbonyl (C=O) groups is 2. The van der Waals surface area contributed by atoms with Crippen LogP contribution in [0, 0.1) is 6.92 Å². The van der Waals surface area contributed by atoms with Gasteiger partial charge in [0, 0.05) is 36.1 Å². The third kappa shape index (κ3) is 3.62. The molecule has 0 saturated heterocycles. The second-order valence-electron chi connectivity index (χ2n) is 5.80. The molecule has 0 unspecified atom stereocenters. The van der Waals surface area contributed by atoms with Crippen LogP contribution in [0.25, 0.3) is 0 Å². The molecule has 2 amide bonds. The summed E-state index contributed by atoms with van der Waals surface area (Å²) in [5.41, 5.74) is 4.14. The van der Waals surface area contributed by atoms with E-state index >= 15 is 0 Å². The first-order valence-electron chi connectivity index (χ1n) is 7.85. The lowest BCUT2D eigenvalue weighted by Crippen LogP contribution is -2.37. The highest BCUT2D eigenvalue weighted by Gasteiger charge is 2.22. The molecule has 0 atom stereocenters. The van der Waals surface area contributed by atoms with E-state index < -0.39 is 0 Å². The van der Waals surface area contributed by atoms with Crippen molar-refractivity contribution in [2.24, 2.45) is 0 Å². The average Bonchev–Trinajstić information content (AvgIpc) is 3.08. The van der Waals surface area contributed by atoms with E-state index in [0.717, 1.165) is 25.1 Å². The smallest absolute Gasteiger partial charge is 0.252 e. The highest BCUT2D eigenvalue weighted by atomic mass is 32.1. The van der Waals surface area contributed by atoms with Gasteiger partial charge in [-0.15, -0.1) is 0 Å². The van der Waals surface area contributed by atoms with Gasteiger partial charge in [-0.3, -0.25) is 9.59 Å². The molecular weight excluding hydrogens is 308 g/mol. The number of nitrogens with zero attached hydrogens (tertiary/aromatic N) is 1. The first-order valence-corrected chi connectivity index (χ1v) is 8.80. The van der Waals surface area contributed by atoms with Crippen molar-refractivity contribution in [2.45, 2.75) is 26.2 Å². The number of rotatable bonds is 4. The summed E-state index contributed by atoms with van der Waals surface area (Å²) in [6, 6.07) is 8.02. The topological polar surface area (TPSA) is 49.4 Å². The minimum Gasteiger partial charge on any atom is -0.351 e. The van der Waals surface area contributed by atoms with Gasteiger partial charge in [-0.2, -0.15) is 11.3 Å². The van der Waals surface area contributed by atoms with Crippen molar-refractivity contribution in [3.8, 4) is 0 Å². The van der Waals surface area contributed by atoms with E-state index in [2.05, 4.69) is 18.3 Å². The third-order valence-electron chi connectivity index (χ3n) is 4.06. The van der Waals surface area contributed by atoms with Crippen molar-refractivity contribution in [1.29, 1.82) is 0 Å². The molecule has 1 aliphatic rings. The molecule has 3 rings (SSSR count). The molecular formula is C18H20N2O2S. The Kier molecular flexibility index (Phi) is 4.76. The fourth-order valence-corrected chi connectivity index (χ4v) is 3.53. The van der Waals surface area contributed by atoms with Crippen LogP contribution in [-0.2, 0) is 11.2 Å². The molecule has 1 N–H and O–H groups in total. The zero-order valence-electron chi connectivity index (χ0n) is 13.2. The SMILES string of the molecule is Cc1ccc2c(c1)CCCN2C(=O)CCNC(=O)c1ccsc1. The number of fused-ring (bicyclic) bond motifs is 1. The molecule has 0 radical (unpaired) electrons. The van der Waals surface area contributed by atoms with Gasteiger partial charge >= 0.3 is 0 Å². The van der Waals surface area contributed by atoms with Gasteiger partial charge in [0.15, 0.2) is 0 Å². The summed E-state index contributed by atoms with van der Waals surface area (Å²) < 4.78 is 0. The van der Waals surface area contributed by atoms with Gasteiger partial charge in [0.2, 0.25) is 5.91 Å². The van der Waals surface area contributed by atoms with Crippen LogP contribution in [0.1, 0.15) is 34.3 Å². The highest BCUT2D eigenvalue weighted by molar-refractivity contribution is 7.08. The summed E-state index contributed by atoms with van der Waals surface area (Å²) in [5, 5.41) is 6.48. The second-order valence-corrected chi connectivity index (χ2v) is 6.58. The van der Waals surface area contributed by atoms with Crippen molar-refractivity contribution >= 4 is 28.8 Å². The van der Waals surface area contributed by atoms with E-state index in [4.69, 9.17) is 0 Å². The van der Waals surface area contributed by atoms with Gasteiger partial charge in [0.1, 0.15) is 0 Å². The van der Waals surface area contributed by atoms with E-state index in [1.54, 1.807) is 11.4 Å². The molecule has 1 aliphatic heterocycles. The molecule has 0 bridgehead atoms. The number of carbonyl (C=O) groups excluding carboxylic acids is 2. The van der Waals surface area contributed by atoms with Crippen LogP contribution in [0.5, 0.6) is 0 Å². The van der Waals surface area contributed by atoms with Gasteiger partial charge in [-0.05, 0) is 42.8 Å². The summed E-state index contributed by atoms with van der Waals surface area (Å²) >= 11 is 1.49. The molecule has 2 aromatic rings. The van der Waals surface area contributed by atoms with E-state index in [9.17, 15) is 9.59 Å². The van der Waals surface area contributed by atoms with Gasteiger partial charge in [0.25, 0.3) is 5.91 Å². The maximum Gasteiger partial charge on any atom is 0.252 e. The largest absolute Gasteiger partial charge is 0.351 e. The van der Waals surface area contributed by atoms with Crippen LogP contribution in [0.3, 0.4) is 0 Å². The first kappa shape index (κ1) is 15.7. The number of hydrogen-bond acceptors (Lipinski definition) is 3. The Morgan fingerprint density at radius 3 is 2.96 bits per heavy atom. The molecule has 1 aromatic carbocycles. The quantitative estimate of drug-likeness (QED) is 0.937. The van der Waals surface area contributed by atoms with Gasteiger partial charge in [0.05, 0.1) is 0 Å². The van der Waals surface area contributed by atoms with Crippen LogP contribution < -0.4 is 10.2 Å². The molecule has 0 spiro atoms. The van der Waals surface area contributed by atoms with Crippen LogP contribution in [-0.4, -0.2) is 24.9 Å². The number of benzene rings is 1. The molecule has 2 heterocycles. The van der Waals surface area contributed by atoms with Gasteiger partial charge in [-0.1, -0.05) is 17.7 Å². The van der Waals surface area contributed by atoms with Crippen LogP contribution in [0.2, 0.25) is 0 Å². The van der Waals surface area contributed by atoms with E-state index in [1.807, 2.05) is 22.4 Å². The predicted molar refractivity (Wildman–Crippen MR) is 93.1 cm³/mol. The van der Waals surface area contributed by atoms with E-state index in [1.165, 1.54) is 22.5 Å². The minimum absolute atomic E-state index is 0.0698. The van der Waals surface area contributed by atoms with Gasteiger partial charge in [-0.25, -0.2) is 0 Å². The van der Waals surface area contributed by atoms with Crippen LogP contribution >= 0.6 is 11.3 Å². The molecule has 1 aromatic heterocycles. The van der Waals surface area contributed by atoms with Crippen molar-refractivity contribution in [1.82, 2.24) is 5.32 Å². The fraction of sp³-hybridized carbons (Fsp3) is 0.333. The maximum absolute atomic E-state index is 12.5. The van der Waals surface area contributed by atoms with Crippen molar-refractivity contribution < 1.29 is 9.59 Å². The zero-order chi connectivity index (χ0) is 16.2. The lowest BCUT2D eigenvalue weighted by atomic mass is 9.99. The normalized spacial score (nSPS) is 13.5. The number of nitrogens with one attached hydrogen (secondary N) is 1. The molecule has 23 heavy (non-hydrogen) atoms. The van der Waals surface area contributed by atoms with Crippen molar-refractivity contribution in [2.75, 3.05) is 18.0 Å². The summed E-state index contributed by atoms with van der Waals surface area (Å²) in [4.78, 5) is 26.2. The summed E-state index contributed by atoms with van der Waals surface area (Å²) in [6.45, 7) is 3.19. The molecule has 120 valence electrons. The Bertz CT molecular complexity index is 710. The zero-order valence-corrected chi connectivity index (χ0v) is 14.0. The standard InChI is InChI=1S/C18H20N2O2S/c1-13-4-5-16-14(11-13)3-2-9-20(16)17(21)6-8-19-18(22)15-7-10-23-12-15/h4-5,7,10-12H,2-3,6,8-9H2,1H3,(H,19,22). The Morgan fingerprint density at radius 2 is 2.17 bits per heavy atom. The number of anilines is 1. The number of aryl methyl sites for hydroxylation is 2. The lowest BCUT2D eigenvalue weighted by Gasteiger charge is -2.30. The molecule has 5 heteroatoms. The molecule has 0 saturated carbocycles. The van der Waals surface area contributed by atoms with Crippen molar-refractivity contribution in [3.63, 3.8) is 0 Å². The third-order valence-corrected chi connectivity index (χ3v) is 4.75. The Hall–Kier alpha value is -2.14. The van der Waals surface area contributed by atoms with E-state index in [0.29, 0.717) is 18.5 Å². The summed E-state index contributed by atoms with van der Waals surface area (Å²) in [5.74, 6) is -0.0471. The number of hydrogen-bond donors (Lipinski definition) is 1. The van der Waals surface area contributed by atoms with Crippen LogP contribution in [0.15, 0.2) is 35.0 Å². The van der Waals surface area contributed by atoms with Crippen molar-refractivity contribution in [3.05, 3.63) is 51.7 Å². The Balaban J connectivity index is 1.58. The number of amides is 2. The monoisotopic (exact) mass is 328 g/mol. The van der Waals surface area contributed by atoms with E-state index in [-0.39, 0.29) is 11.8 Å². The second kappa shape index (κ2) is 6.96. The minimum atomic E-state index is -0.117. The first-order chi connectivity index (χ1) is 11.1. The highest BCUT2D eigenvalue weighted by Crippen LogP contribution is 2.28. The lowest BCUT2D eigenvalue weighted by molar-refractivity contribution is -0.118. The predicted octanol–water partition coefficient (Wildman–Crippen LogP) is 3.16. The average molecular weight is 328 g/mol. The van der Waals surface area contributed by atoms with Crippen LogP contribution in [0.4, 0.5) is 5.69 Å². The maximum atomic E-state index is 12.5. The summed E-state index contributed by atoms with van der Waals surface area (Å²) in [7, 11) is 0. The molecule has 0 fully saturated rings. The molecule has 0 aliphatic carbocycles. The van der Waals surface area contributed by atoms with Gasteiger partial charge < -0.3 is 10.2 Å². The summed E-state index contributed by atoms with van der Waals surface area (Å²) in [6.07, 6.45) is 2.34. The molecule has 4 nitrogen and oxygen atoms in total. The Labute approximate surface area is 140 Å².